The minimum atomic E-state index is -0.205. The Morgan fingerprint density at radius 3 is 2.68 bits per heavy atom. The fourth-order valence-corrected chi connectivity index (χ4v) is 2.43. The van der Waals surface area contributed by atoms with E-state index in [2.05, 4.69) is 15.5 Å². The first-order valence-corrected chi connectivity index (χ1v) is 8.16. The number of amides is 2. The Kier molecular flexibility index (Phi) is 5.09. The summed E-state index contributed by atoms with van der Waals surface area (Å²) in [5.41, 5.74) is 2.77. The lowest BCUT2D eigenvalue weighted by Crippen LogP contribution is -2.34. The highest BCUT2D eigenvalue weighted by Crippen LogP contribution is 2.18. The third-order valence-corrected chi connectivity index (χ3v) is 3.76. The molecule has 0 unspecified atom stereocenters. The number of hydrogen-bond acceptors (Lipinski definition) is 4. The smallest absolute Gasteiger partial charge is 0.322 e. The molecule has 0 aliphatic carbocycles. The molecule has 0 fully saturated rings. The number of anilines is 1. The SMILES string of the molecule is CCN(Cc1nc(-c2cccc(C)c2)no1)C(=O)Nc1ccccc1. The molecule has 128 valence electrons. The van der Waals surface area contributed by atoms with E-state index in [-0.39, 0.29) is 12.6 Å². The maximum atomic E-state index is 12.4. The number of nitrogens with one attached hydrogen (secondary N) is 1. The van der Waals surface area contributed by atoms with Crippen LogP contribution in [0.25, 0.3) is 11.4 Å². The molecular formula is C19H20N4O2. The van der Waals surface area contributed by atoms with Crippen LogP contribution >= 0.6 is 0 Å². The number of rotatable bonds is 5. The topological polar surface area (TPSA) is 71.3 Å². The predicted molar refractivity (Wildman–Crippen MR) is 96.0 cm³/mol. The van der Waals surface area contributed by atoms with Crippen LogP contribution < -0.4 is 5.32 Å². The van der Waals surface area contributed by atoms with Gasteiger partial charge in [-0.05, 0) is 32.0 Å². The van der Waals surface area contributed by atoms with Crippen molar-refractivity contribution in [1.29, 1.82) is 0 Å². The minimum Gasteiger partial charge on any atom is -0.337 e. The lowest BCUT2D eigenvalue weighted by atomic mass is 10.1. The maximum absolute atomic E-state index is 12.4. The number of hydrogen-bond donors (Lipinski definition) is 1. The first-order valence-electron chi connectivity index (χ1n) is 8.16. The van der Waals surface area contributed by atoms with E-state index in [0.717, 1.165) is 16.8 Å². The van der Waals surface area contributed by atoms with Gasteiger partial charge >= 0.3 is 6.03 Å². The number of para-hydroxylation sites is 1. The monoisotopic (exact) mass is 336 g/mol. The van der Waals surface area contributed by atoms with Crippen molar-refractivity contribution < 1.29 is 9.32 Å². The minimum absolute atomic E-state index is 0.205. The van der Waals surface area contributed by atoms with E-state index < -0.39 is 0 Å². The molecule has 1 heterocycles. The number of carbonyl (C=O) groups is 1. The van der Waals surface area contributed by atoms with E-state index in [1.807, 2.05) is 68.4 Å². The molecule has 2 aromatic carbocycles. The maximum Gasteiger partial charge on any atom is 0.322 e. The van der Waals surface area contributed by atoms with Gasteiger partial charge in [-0.3, -0.25) is 0 Å². The summed E-state index contributed by atoms with van der Waals surface area (Å²) in [6.07, 6.45) is 0. The van der Waals surface area contributed by atoms with Crippen LogP contribution in [0.1, 0.15) is 18.4 Å². The van der Waals surface area contributed by atoms with Gasteiger partial charge in [0.15, 0.2) is 0 Å². The molecule has 0 atom stereocenters. The highest BCUT2D eigenvalue weighted by Gasteiger charge is 2.17. The molecule has 3 aromatic rings. The molecule has 2 amide bonds. The van der Waals surface area contributed by atoms with Crippen LogP contribution in [0.5, 0.6) is 0 Å². The lowest BCUT2D eigenvalue weighted by molar-refractivity contribution is 0.203. The molecule has 25 heavy (non-hydrogen) atoms. The van der Waals surface area contributed by atoms with E-state index in [4.69, 9.17) is 4.52 Å². The average molecular weight is 336 g/mol. The first kappa shape index (κ1) is 16.7. The van der Waals surface area contributed by atoms with Crippen molar-refractivity contribution in [2.45, 2.75) is 20.4 Å². The molecule has 0 saturated heterocycles. The average Bonchev–Trinajstić information content (AvgIpc) is 3.09. The molecule has 0 aliphatic heterocycles. The van der Waals surface area contributed by atoms with Crippen molar-refractivity contribution in [2.24, 2.45) is 0 Å². The van der Waals surface area contributed by atoms with E-state index in [1.54, 1.807) is 4.90 Å². The molecular weight excluding hydrogens is 316 g/mol. The van der Waals surface area contributed by atoms with E-state index in [1.165, 1.54) is 0 Å². The quantitative estimate of drug-likeness (QED) is 0.761. The van der Waals surface area contributed by atoms with Gasteiger partial charge in [0.05, 0.1) is 0 Å². The molecule has 0 radical (unpaired) electrons. The van der Waals surface area contributed by atoms with Crippen molar-refractivity contribution in [2.75, 3.05) is 11.9 Å². The van der Waals surface area contributed by atoms with Crippen molar-refractivity contribution in [3.8, 4) is 11.4 Å². The number of urea groups is 1. The molecule has 3 rings (SSSR count). The van der Waals surface area contributed by atoms with Gasteiger partial charge in [0.2, 0.25) is 11.7 Å². The molecule has 0 saturated carbocycles. The van der Waals surface area contributed by atoms with Crippen LogP contribution in [0, 0.1) is 6.92 Å². The van der Waals surface area contributed by atoms with Gasteiger partial charge in [-0.1, -0.05) is 47.1 Å². The lowest BCUT2D eigenvalue weighted by Gasteiger charge is -2.19. The number of aromatic nitrogens is 2. The van der Waals surface area contributed by atoms with Gasteiger partial charge in [0.25, 0.3) is 0 Å². The van der Waals surface area contributed by atoms with E-state index >= 15 is 0 Å². The Labute approximate surface area is 146 Å². The molecule has 6 nitrogen and oxygen atoms in total. The Hall–Kier alpha value is -3.15. The Morgan fingerprint density at radius 1 is 1.16 bits per heavy atom. The summed E-state index contributed by atoms with van der Waals surface area (Å²) >= 11 is 0. The van der Waals surface area contributed by atoms with Crippen molar-refractivity contribution in [3.05, 3.63) is 66.1 Å². The van der Waals surface area contributed by atoms with Gasteiger partial charge in [0.1, 0.15) is 6.54 Å². The summed E-state index contributed by atoms with van der Waals surface area (Å²) in [7, 11) is 0. The van der Waals surface area contributed by atoms with Gasteiger partial charge < -0.3 is 14.7 Å². The number of aryl methyl sites for hydroxylation is 1. The number of carbonyl (C=O) groups excluding carboxylic acids is 1. The number of benzene rings is 2. The zero-order valence-electron chi connectivity index (χ0n) is 14.3. The zero-order valence-corrected chi connectivity index (χ0v) is 14.3. The fraction of sp³-hybridized carbons (Fsp3) is 0.211. The highest BCUT2D eigenvalue weighted by atomic mass is 16.5. The van der Waals surface area contributed by atoms with Crippen LogP contribution in [-0.2, 0) is 6.54 Å². The predicted octanol–water partition coefficient (Wildman–Crippen LogP) is 4.10. The standard InChI is InChI=1S/C19H20N4O2/c1-3-23(19(24)20-16-10-5-4-6-11-16)13-17-21-18(22-25-17)15-9-7-8-14(2)12-15/h4-12H,3,13H2,1-2H3,(H,20,24). The summed E-state index contributed by atoms with van der Waals surface area (Å²) in [5.74, 6) is 0.930. The number of nitrogens with zero attached hydrogens (tertiary/aromatic N) is 3. The Balaban J connectivity index is 1.69. The van der Waals surface area contributed by atoms with Gasteiger partial charge in [0, 0.05) is 17.8 Å². The van der Waals surface area contributed by atoms with Crippen LogP contribution in [0.3, 0.4) is 0 Å². The molecule has 0 bridgehead atoms. The van der Waals surface area contributed by atoms with E-state index in [0.29, 0.717) is 18.3 Å². The fourth-order valence-electron chi connectivity index (χ4n) is 2.43. The van der Waals surface area contributed by atoms with Crippen LogP contribution in [0.2, 0.25) is 0 Å². The van der Waals surface area contributed by atoms with Crippen LogP contribution in [-0.4, -0.2) is 27.6 Å². The normalized spacial score (nSPS) is 10.5. The van der Waals surface area contributed by atoms with Crippen molar-refractivity contribution in [3.63, 3.8) is 0 Å². The zero-order chi connectivity index (χ0) is 17.6. The molecule has 1 aromatic heterocycles. The summed E-state index contributed by atoms with van der Waals surface area (Å²) in [5, 5.41) is 6.87. The van der Waals surface area contributed by atoms with Gasteiger partial charge in [-0.2, -0.15) is 4.98 Å². The van der Waals surface area contributed by atoms with Crippen LogP contribution in [0.15, 0.2) is 59.1 Å². The van der Waals surface area contributed by atoms with Gasteiger partial charge in [-0.15, -0.1) is 0 Å². The highest BCUT2D eigenvalue weighted by molar-refractivity contribution is 5.89. The summed E-state index contributed by atoms with van der Waals surface area (Å²) in [4.78, 5) is 18.4. The molecule has 6 heteroatoms. The van der Waals surface area contributed by atoms with E-state index in [9.17, 15) is 4.79 Å². The summed E-state index contributed by atoms with van der Waals surface area (Å²) in [6.45, 7) is 4.70. The third kappa shape index (κ3) is 4.23. The summed E-state index contributed by atoms with van der Waals surface area (Å²) in [6, 6.07) is 17.0. The van der Waals surface area contributed by atoms with Gasteiger partial charge in [-0.25, -0.2) is 4.79 Å². The first-order chi connectivity index (χ1) is 12.2. The molecule has 0 spiro atoms. The largest absolute Gasteiger partial charge is 0.337 e. The Bertz CT molecular complexity index is 845. The third-order valence-electron chi connectivity index (χ3n) is 3.76. The van der Waals surface area contributed by atoms with Crippen LogP contribution in [0.4, 0.5) is 10.5 Å². The van der Waals surface area contributed by atoms with Crippen molar-refractivity contribution in [1.82, 2.24) is 15.0 Å². The molecule has 1 N–H and O–H groups in total. The summed E-state index contributed by atoms with van der Waals surface area (Å²) < 4.78 is 5.31. The second-order valence-corrected chi connectivity index (χ2v) is 5.69. The second kappa shape index (κ2) is 7.61. The van der Waals surface area contributed by atoms with Crippen molar-refractivity contribution >= 4 is 11.7 Å². The molecule has 0 aliphatic rings. The Morgan fingerprint density at radius 2 is 1.96 bits per heavy atom. The second-order valence-electron chi connectivity index (χ2n) is 5.69.